The van der Waals surface area contributed by atoms with E-state index in [2.05, 4.69) is 20.2 Å². The molecule has 0 atom stereocenters. The lowest BCUT2D eigenvalue weighted by atomic mass is 9.95. The summed E-state index contributed by atoms with van der Waals surface area (Å²) in [5, 5.41) is 7.44. The molecule has 162 valence electrons. The van der Waals surface area contributed by atoms with Gasteiger partial charge >= 0.3 is 5.97 Å². The number of nitrogens with zero attached hydrogens (tertiary/aromatic N) is 3. The third-order valence-corrected chi connectivity index (χ3v) is 6.01. The molecule has 0 bridgehead atoms. The molecule has 1 saturated heterocycles. The maximum absolute atomic E-state index is 13.1. The van der Waals surface area contributed by atoms with Crippen LogP contribution in [-0.2, 0) is 9.47 Å². The van der Waals surface area contributed by atoms with E-state index in [4.69, 9.17) is 9.47 Å². The minimum atomic E-state index is -0.437. The van der Waals surface area contributed by atoms with Gasteiger partial charge in [-0.25, -0.2) is 9.78 Å². The van der Waals surface area contributed by atoms with Crippen molar-refractivity contribution in [3.8, 4) is 0 Å². The number of hydrogen-bond donors (Lipinski definition) is 2. The molecule has 2 aromatic heterocycles. The lowest BCUT2D eigenvalue weighted by Crippen LogP contribution is -2.38. The Balaban J connectivity index is 1.39. The van der Waals surface area contributed by atoms with Gasteiger partial charge < -0.3 is 19.4 Å². The first kappa shape index (κ1) is 20.6. The molecule has 2 aliphatic rings. The Hall–Kier alpha value is -2.68. The molecule has 30 heavy (non-hydrogen) atoms. The van der Waals surface area contributed by atoms with E-state index in [0.717, 1.165) is 24.5 Å². The molecule has 1 amide bonds. The van der Waals surface area contributed by atoms with Crippen LogP contribution in [0.1, 0.15) is 81.3 Å². The molecule has 0 radical (unpaired) electrons. The van der Waals surface area contributed by atoms with Crippen LogP contribution >= 0.6 is 0 Å². The van der Waals surface area contributed by atoms with Crippen molar-refractivity contribution in [1.29, 1.82) is 0 Å². The Morgan fingerprint density at radius 2 is 1.83 bits per heavy atom. The number of ether oxygens (including phenoxy) is 2. The summed E-state index contributed by atoms with van der Waals surface area (Å²) in [7, 11) is 1.55. The molecular weight excluding hydrogens is 386 g/mol. The van der Waals surface area contributed by atoms with Gasteiger partial charge in [-0.15, -0.1) is 0 Å². The third kappa shape index (κ3) is 4.12. The summed E-state index contributed by atoms with van der Waals surface area (Å²) in [6, 6.07) is 0. The first-order chi connectivity index (χ1) is 14.5. The van der Waals surface area contributed by atoms with Crippen molar-refractivity contribution in [1.82, 2.24) is 25.1 Å². The molecule has 2 N–H and O–H groups in total. The summed E-state index contributed by atoms with van der Waals surface area (Å²) >= 11 is 0. The van der Waals surface area contributed by atoms with E-state index in [1.165, 1.54) is 12.8 Å². The highest BCUT2D eigenvalue weighted by molar-refractivity contribution is 6.00. The lowest BCUT2D eigenvalue weighted by molar-refractivity contribution is 0.0387. The Labute approximate surface area is 175 Å². The molecule has 2 aromatic rings. The fraction of sp³-hybridized carbons (Fsp3) is 0.619. The minimum Gasteiger partial charge on any atom is -0.460 e. The van der Waals surface area contributed by atoms with Gasteiger partial charge in [0.05, 0.1) is 12.2 Å². The average molecular weight is 415 g/mol. The summed E-state index contributed by atoms with van der Waals surface area (Å²) in [6.45, 7) is 5.37. The predicted molar refractivity (Wildman–Crippen MR) is 109 cm³/mol. The summed E-state index contributed by atoms with van der Waals surface area (Å²) in [5.41, 5.74) is 2.16. The summed E-state index contributed by atoms with van der Waals surface area (Å²) < 4.78 is 10.1. The summed E-state index contributed by atoms with van der Waals surface area (Å²) in [5.74, 6) is 2.19. The number of aromatic amines is 2. The monoisotopic (exact) mass is 415 g/mol. The number of methoxy groups -OCH3 is 1. The van der Waals surface area contributed by atoms with Crippen molar-refractivity contribution < 1.29 is 19.1 Å². The van der Waals surface area contributed by atoms with Crippen molar-refractivity contribution in [2.45, 2.75) is 51.4 Å². The number of likely N-dealkylation sites (tertiary alicyclic amines) is 1. The number of H-pyrrole nitrogens is 2. The first-order valence-electron chi connectivity index (χ1n) is 10.6. The van der Waals surface area contributed by atoms with Crippen LogP contribution in [0.25, 0.3) is 0 Å². The zero-order valence-corrected chi connectivity index (χ0v) is 17.8. The molecule has 0 aromatic carbocycles. The highest BCUT2D eigenvalue weighted by Gasteiger charge is 2.32. The van der Waals surface area contributed by atoms with Gasteiger partial charge in [0.1, 0.15) is 18.1 Å². The number of aromatic nitrogens is 4. The predicted octanol–water partition coefficient (Wildman–Crippen LogP) is 2.45. The molecule has 2 fully saturated rings. The Bertz CT molecular complexity index is 922. The SMILES string of the molecule is COCCOC(=O)c1c(C)[nH]c(C(=O)N2CCC(c3nc(C4CC4)n[nH]3)CC2)c1C. The fourth-order valence-electron chi connectivity index (χ4n) is 4.07. The highest BCUT2D eigenvalue weighted by atomic mass is 16.6. The molecular formula is C21H29N5O4. The molecule has 4 rings (SSSR count). The molecule has 1 aliphatic carbocycles. The Morgan fingerprint density at radius 3 is 2.50 bits per heavy atom. The van der Waals surface area contributed by atoms with E-state index >= 15 is 0 Å². The Kier molecular flexibility index (Phi) is 5.90. The van der Waals surface area contributed by atoms with Gasteiger partial charge in [0.2, 0.25) is 0 Å². The fourth-order valence-corrected chi connectivity index (χ4v) is 4.07. The number of amides is 1. The Morgan fingerprint density at radius 1 is 1.10 bits per heavy atom. The van der Waals surface area contributed by atoms with Crippen LogP contribution < -0.4 is 0 Å². The van der Waals surface area contributed by atoms with Gasteiger partial charge in [-0.05, 0) is 45.1 Å². The summed E-state index contributed by atoms with van der Waals surface area (Å²) in [4.78, 5) is 35.1. The maximum Gasteiger partial charge on any atom is 0.340 e. The normalized spacial score (nSPS) is 17.4. The van der Waals surface area contributed by atoms with Crippen molar-refractivity contribution in [2.24, 2.45) is 0 Å². The second kappa shape index (κ2) is 8.59. The van der Waals surface area contributed by atoms with Crippen LogP contribution in [0.2, 0.25) is 0 Å². The van der Waals surface area contributed by atoms with Crippen LogP contribution in [0.15, 0.2) is 0 Å². The van der Waals surface area contributed by atoms with Gasteiger partial charge in [0, 0.05) is 37.7 Å². The van der Waals surface area contributed by atoms with Gasteiger partial charge in [0.15, 0.2) is 5.82 Å². The molecule has 0 spiro atoms. The minimum absolute atomic E-state index is 0.0822. The van der Waals surface area contributed by atoms with Gasteiger partial charge in [0.25, 0.3) is 5.91 Å². The van der Waals surface area contributed by atoms with Crippen molar-refractivity contribution >= 4 is 11.9 Å². The van der Waals surface area contributed by atoms with Crippen LogP contribution in [-0.4, -0.2) is 70.4 Å². The largest absolute Gasteiger partial charge is 0.460 e. The number of carbonyl (C=O) groups excluding carboxylic acids is 2. The number of carbonyl (C=O) groups is 2. The lowest BCUT2D eigenvalue weighted by Gasteiger charge is -2.31. The van der Waals surface area contributed by atoms with E-state index in [0.29, 0.717) is 54.0 Å². The van der Waals surface area contributed by atoms with Crippen molar-refractivity contribution in [3.63, 3.8) is 0 Å². The molecule has 1 saturated carbocycles. The van der Waals surface area contributed by atoms with Crippen LogP contribution in [0.5, 0.6) is 0 Å². The smallest absolute Gasteiger partial charge is 0.340 e. The van der Waals surface area contributed by atoms with E-state index < -0.39 is 5.97 Å². The summed E-state index contributed by atoms with van der Waals surface area (Å²) in [6.07, 6.45) is 4.05. The standard InChI is InChI=1S/C21H29N5O4/c1-12-16(21(28)30-11-10-29-3)13(2)22-17(12)20(27)26-8-6-15(7-9-26)19-23-18(24-25-19)14-4-5-14/h14-15,22H,4-11H2,1-3H3,(H,23,24,25). The molecule has 9 heteroatoms. The maximum atomic E-state index is 13.1. The number of esters is 1. The van der Waals surface area contributed by atoms with E-state index in [1.807, 2.05) is 4.90 Å². The van der Waals surface area contributed by atoms with Crippen LogP contribution in [0.3, 0.4) is 0 Å². The zero-order valence-electron chi connectivity index (χ0n) is 17.8. The third-order valence-electron chi connectivity index (χ3n) is 6.01. The average Bonchev–Trinajstić information content (AvgIpc) is 3.40. The molecule has 0 unspecified atom stereocenters. The van der Waals surface area contributed by atoms with E-state index in [1.54, 1.807) is 21.0 Å². The molecule has 1 aliphatic heterocycles. The van der Waals surface area contributed by atoms with Crippen LogP contribution in [0.4, 0.5) is 0 Å². The topological polar surface area (TPSA) is 113 Å². The first-order valence-corrected chi connectivity index (χ1v) is 10.6. The number of hydrogen-bond acceptors (Lipinski definition) is 6. The van der Waals surface area contributed by atoms with E-state index in [-0.39, 0.29) is 12.5 Å². The zero-order chi connectivity index (χ0) is 21.3. The number of piperidine rings is 1. The quantitative estimate of drug-likeness (QED) is 0.530. The van der Waals surface area contributed by atoms with Gasteiger partial charge in [-0.3, -0.25) is 9.89 Å². The number of rotatable bonds is 7. The second-order valence-corrected chi connectivity index (χ2v) is 8.17. The van der Waals surface area contributed by atoms with Gasteiger partial charge in [-0.2, -0.15) is 5.10 Å². The van der Waals surface area contributed by atoms with Crippen molar-refractivity contribution in [3.05, 3.63) is 34.2 Å². The second-order valence-electron chi connectivity index (χ2n) is 8.17. The molecule has 3 heterocycles. The van der Waals surface area contributed by atoms with Gasteiger partial charge in [-0.1, -0.05) is 0 Å². The van der Waals surface area contributed by atoms with E-state index in [9.17, 15) is 9.59 Å². The molecule has 9 nitrogen and oxygen atoms in total. The van der Waals surface area contributed by atoms with Crippen LogP contribution in [0, 0.1) is 13.8 Å². The number of nitrogens with one attached hydrogen (secondary N) is 2. The number of aryl methyl sites for hydroxylation is 1. The van der Waals surface area contributed by atoms with Crippen molar-refractivity contribution in [2.75, 3.05) is 33.4 Å². The highest BCUT2D eigenvalue weighted by Crippen LogP contribution is 2.38.